The molecule has 30 heavy (non-hydrogen) atoms. The van der Waals surface area contributed by atoms with Crippen molar-refractivity contribution in [1.82, 2.24) is 0 Å². The Kier molecular flexibility index (Phi) is 4.49. The molecule has 2 aliphatic heterocycles. The molecule has 4 rings (SSSR count). The molecule has 2 saturated carbocycles. The normalized spacial score (nSPS) is 53.6. The summed E-state index contributed by atoms with van der Waals surface area (Å²) in [5.74, 6) is -5.17. The van der Waals surface area contributed by atoms with E-state index in [4.69, 9.17) is 14.2 Å². The molecule has 2 aliphatic carbocycles. The minimum absolute atomic E-state index is 0.163. The first kappa shape index (κ1) is 21.9. The SMILES string of the molecule is CO[C@@H]1[C@H](O)[C@H](C(C)(C)O)[C@@H]2C(=O)O[C@H]3[C@H](O)[C@@]4(C[C@H]([C@H](C)O)C(=O)O4)[C@@]1(C)[C@]32O. The number of fused-ring (bicyclic) bond motifs is 1. The molecular weight excluding hydrogens is 400 g/mol. The monoisotopic (exact) mass is 430 g/mol. The van der Waals surface area contributed by atoms with Crippen molar-refractivity contribution in [3.63, 3.8) is 0 Å². The topological polar surface area (TPSA) is 163 Å². The standard InChI is InChI=1S/C20H30O10/c1-7(21)8-6-19(30-15(8)24)12(23)14-20(27)10(16(25)29-14)9(17(2,3)26)11(22)13(28-5)18(19,20)4/h7-14,21-23,26-27H,6H2,1-5H3/t7-,8+,9+,10+,11+,12-,13+,14-,18-,19-,20+/m0/s1. The quantitative estimate of drug-likeness (QED) is 0.320. The molecule has 10 heteroatoms. The van der Waals surface area contributed by atoms with Crippen molar-refractivity contribution in [3.05, 3.63) is 0 Å². The van der Waals surface area contributed by atoms with Crippen LogP contribution < -0.4 is 0 Å². The largest absolute Gasteiger partial charge is 0.456 e. The Bertz CT molecular complexity index is 776. The lowest BCUT2D eigenvalue weighted by Gasteiger charge is -2.59. The minimum Gasteiger partial charge on any atom is -0.456 e. The van der Waals surface area contributed by atoms with Crippen LogP contribution in [-0.2, 0) is 23.8 Å². The first-order valence-corrected chi connectivity index (χ1v) is 10.1. The van der Waals surface area contributed by atoms with E-state index in [0.29, 0.717) is 0 Å². The Balaban J connectivity index is 1.97. The number of aliphatic hydroxyl groups is 5. The van der Waals surface area contributed by atoms with Crippen molar-refractivity contribution in [1.29, 1.82) is 0 Å². The Morgan fingerprint density at radius 2 is 1.83 bits per heavy atom. The number of esters is 2. The Hall–Kier alpha value is -1.30. The molecule has 0 aromatic rings. The van der Waals surface area contributed by atoms with Crippen LogP contribution in [0.4, 0.5) is 0 Å². The fourth-order valence-corrected chi connectivity index (χ4v) is 6.85. The van der Waals surface area contributed by atoms with Crippen molar-refractivity contribution in [2.45, 2.75) is 81.4 Å². The van der Waals surface area contributed by atoms with E-state index < -0.39 is 82.4 Å². The van der Waals surface area contributed by atoms with Crippen molar-refractivity contribution >= 4 is 11.9 Å². The molecule has 0 aromatic heterocycles. The van der Waals surface area contributed by atoms with Gasteiger partial charge in [0.2, 0.25) is 0 Å². The third-order valence-corrected chi connectivity index (χ3v) is 8.25. The number of ether oxygens (including phenoxy) is 3. The maximum absolute atomic E-state index is 12.8. The van der Waals surface area contributed by atoms with Crippen LogP contribution >= 0.6 is 0 Å². The van der Waals surface area contributed by atoms with Gasteiger partial charge in [-0.1, -0.05) is 6.92 Å². The van der Waals surface area contributed by atoms with Crippen molar-refractivity contribution < 1.29 is 49.3 Å². The van der Waals surface area contributed by atoms with Gasteiger partial charge in [-0.2, -0.15) is 0 Å². The molecule has 0 unspecified atom stereocenters. The summed E-state index contributed by atoms with van der Waals surface area (Å²) in [6, 6.07) is 0. The van der Waals surface area contributed by atoms with Crippen LogP contribution in [0.1, 0.15) is 34.1 Å². The Morgan fingerprint density at radius 1 is 1.23 bits per heavy atom. The van der Waals surface area contributed by atoms with Crippen LogP contribution in [0.3, 0.4) is 0 Å². The smallest absolute Gasteiger partial charge is 0.313 e. The molecule has 170 valence electrons. The summed E-state index contributed by atoms with van der Waals surface area (Å²) in [4.78, 5) is 25.4. The zero-order valence-corrected chi connectivity index (χ0v) is 17.6. The maximum atomic E-state index is 12.8. The highest BCUT2D eigenvalue weighted by atomic mass is 16.6. The summed E-state index contributed by atoms with van der Waals surface area (Å²) < 4.78 is 16.6. The highest BCUT2D eigenvalue weighted by Crippen LogP contribution is 2.71. The zero-order valence-electron chi connectivity index (χ0n) is 17.6. The number of hydrogen-bond acceptors (Lipinski definition) is 10. The van der Waals surface area contributed by atoms with Crippen LogP contribution in [0.2, 0.25) is 0 Å². The lowest BCUT2D eigenvalue weighted by atomic mass is 9.49. The molecule has 0 radical (unpaired) electrons. The van der Waals surface area contributed by atoms with Gasteiger partial charge in [0.25, 0.3) is 0 Å². The first-order valence-electron chi connectivity index (χ1n) is 10.1. The lowest BCUT2D eigenvalue weighted by Crippen LogP contribution is -2.75. The number of rotatable bonds is 3. The van der Waals surface area contributed by atoms with Gasteiger partial charge in [0, 0.05) is 19.4 Å². The Labute approximate surface area is 173 Å². The van der Waals surface area contributed by atoms with E-state index in [1.54, 1.807) is 0 Å². The highest BCUT2D eigenvalue weighted by molar-refractivity contribution is 5.81. The van der Waals surface area contributed by atoms with E-state index in [1.807, 2.05) is 0 Å². The van der Waals surface area contributed by atoms with Gasteiger partial charge in [-0.05, 0) is 20.8 Å². The van der Waals surface area contributed by atoms with E-state index in [1.165, 1.54) is 34.8 Å². The fraction of sp³-hybridized carbons (Fsp3) is 0.900. The molecule has 2 saturated heterocycles. The predicted octanol–water partition coefficient (Wildman–Crippen LogP) is -1.90. The molecule has 5 N–H and O–H groups in total. The fourth-order valence-electron chi connectivity index (χ4n) is 6.85. The second kappa shape index (κ2) is 6.14. The molecule has 4 fully saturated rings. The van der Waals surface area contributed by atoms with Crippen LogP contribution in [0.25, 0.3) is 0 Å². The van der Waals surface area contributed by atoms with E-state index in [2.05, 4.69) is 0 Å². The Morgan fingerprint density at radius 3 is 2.30 bits per heavy atom. The van der Waals surface area contributed by atoms with Crippen molar-refractivity contribution in [3.8, 4) is 0 Å². The summed E-state index contributed by atoms with van der Waals surface area (Å²) in [5.41, 5.74) is -7.19. The molecule has 0 aromatic carbocycles. The van der Waals surface area contributed by atoms with Crippen molar-refractivity contribution in [2.24, 2.45) is 23.2 Å². The second-order valence-corrected chi connectivity index (χ2v) is 10.00. The average Bonchev–Trinajstić information content (AvgIpc) is 3.15. The van der Waals surface area contributed by atoms with Gasteiger partial charge < -0.3 is 39.7 Å². The van der Waals surface area contributed by atoms with E-state index >= 15 is 0 Å². The van der Waals surface area contributed by atoms with Gasteiger partial charge in [0.05, 0.1) is 41.2 Å². The minimum atomic E-state index is -2.11. The van der Waals surface area contributed by atoms with Gasteiger partial charge in [0.15, 0.2) is 11.7 Å². The molecule has 11 atom stereocenters. The summed E-state index contributed by atoms with van der Waals surface area (Å²) >= 11 is 0. The zero-order chi connectivity index (χ0) is 22.6. The molecule has 0 bridgehead atoms. The first-order chi connectivity index (χ1) is 13.7. The summed E-state index contributed by atoms with van der Waals surface area (Å²) in [5, 5.41) is 55.3. The lowest BCUT2D eigenvalue weighted by molar-refractivity contribution is -0.292. The third-order valence-electron chi connectivity index (χ3n) is 8.25. The average molecular weight is 430 g/mol. The van der Waals surface area contributed by atoms with E-state index in [-0.39, 0.29) is 6.42 Å². The van der Waals surface area contributed by atoms with Crippen LogP contribution in [0, 0.1) is 23.2 Å². The molecule has 2 heterocycles. The molecule has 0 amide bonds. The maximum Gasteiger partial charge on any atom is 0.313 e. The third kappa shape index (κ3) is 2.14. The number of methoxy groups -OCH3 is 1. The number of aliphatic hydroxyl groups excluding tert-OH is 3. The van der Waals surface area contributed by atoms with Gasteiger partial charge in [0.1, 0.15) is 11.7 Å². The van der Waals surface area contributed by atoms with Gasteiger partial charge in [-0.25, -0.2) is 0 Å². The van der Waals surface area contributed by atoms with Gasteiger partial charge in [-0.3, -0.25) is 9.59 Å². The van der Waals surface area contributed by atoms with Gasteiger partial charge in [-0.15, -0.1) is 0 Å². The van der Waals surface area contributed by atoms with Crippen LogP contribution in [0.5, 0.6) is 0 Å². The number of carbonyl (C=O) groups excluding carboxylic acids is 2. The van der Waals surface area contributed by atoms with Crippen LogP contribution in [-0.4, -0.2) is 91.9 Å². The highest BCUT2D eigenvalue weighted by Gasteiger charge is 2.90. The van der Waals surface area contributed by atoms with Crippen LogP contribution in [0.15, 0.2) is 0 Å². The number of carbonyl (C=O) groups is 2. The molecule has 1 spiro atoms. The molecule has 10 nitrogen and oxygen atoms in total. The van der Waals surface area contributed by atoms with Gasteiger partial charge >= 0.3 is 11.9 Å². The second-order valence-electron chi connectivity index (χ2n) is 10.00. The summed E-state index contributed by atoms with van der Waals surface area (Å²) in [7, 11) is 1.29. The molecule has 4 aliphatic rings. The van der Waals surface area contributed by atoms with E-state index in [9.17, 15) is 35.1 Å². The predicted molar refractivity (Wildman–Crippen MR) is 97.6 cm³/mol. The summed E-state index contributed by atoms with van der Waals surface area (Å²) in [6.45, 7) is 5.71. The number of hydrogen-bond donors (Lipinski definition) is 5. The molecular formula is C20H30O10. The van der Waals surface area contributed by atoms with Crippen molar-refractivity contribution in [2.75, 3.05) is 7.11 Å². The summed E-state index contributed by atoms with van der Waals surface area (Å²) in [6.07, 6.45) is -7.02. The van der Waals surface area contributed by atoms with E-state index in [0.717, 1.165) is 0 Å².